The molecule has 3 N–H and O–H groups in total. The lowest BCUT2D eigenvalue weighted by Gasteiger charge is -2.12. The van der Waals surface area contributed by atoms with Gasteiger partial charge in [-0.05, 0) is 70.9 Å². The van der Waals surface area contributed by atoms with Crippen molar-refractivity contribution in [3.05, 3.63) is 58.1 Å². The fourth-order valence-corrected chi connectivity index (χ4v) is 2.36. The van der Waals surface area contributed by atoms with Crippen LogP contribution in [-0.4, -0.2) is 36.3 Å². The molecule has 0 aliphatic rings. The van der Waals surface area contributed by atoms with Gasteiger partial charge in [-0.15, -0.1) is 0 Å². The van der Waals surface area contributed by atoms with Crippen molar-refractivity contribution < 1.29 is 19.4 Å². The van der Waals surface area contributed by atoms with Gasteiger partial charge in [0, 0.05) is 5.56 Å². The highest BCUT2D eigenvalue weighted by molar-refractivity contribution is 9.10. The lowest BCUT2D eigenvalue weighted by molar-refractivity contribution is -0.122. The monoisotopic (exact) mass is 419 g/mol. The molecule has 136 valence electrons. The molecule has 0 bridgehead atoms. The number of hydrogen-bond acceptors (Lipinski definition) is 5. The molecule has 2 amide bonds. The third-order valence-corrected chi connectivity index (χ3v) is 4.09. The number of hydrogen-bond donors (Lipinski definition) is 3. The van der Waals surface area contributed by atoms with Crippen molar-refractivity contribution in [3.8, 4) is 11.5 Å². The van der Waals surface area contributed by atoms with Crippen molar-refractivity contribution >= 4 is 34.0 Å². The Morgan fingerprint density at radius 1 is 1.23 bits per heavy atom. The molecule has 1 unspecified atom stereocenters. The molecule has 2 aromatic carbocycles. The van der Waals surface area contributed by atoms with Crippen molar-refractivity contribution in [2.45, 2.75) is 13.0 Å². The predicted octanol–water partition coefficient (Wildman–Crippen LogP) is 2.43. The van der Waals surface area contributed by atoms with Crippen LogP contribution in [-0.2, 0) is 4.79 Å². The van der Waals surface area contributed by atoms with E-state index in [2.05, 4.69) is 31.8 Å². The average molecular weight is 420 g/mol. The van der Waals surface area contributed by atoms with Gasteiger partial charge in [0.05, 0.1) is 17.8 Å². The largest absolute Gasteiger partial charge is 0.507 e. The normalized spacial score (nSPS) is 11.8. The maximum Gasteiger partial charge on any atom is 0.262 e. The number of nitrogens with zero attached hydrogens (tertiary/aromatic N) is 1. The Balaban J connectivity index is 1.88. The second kappa shape index (κ2) is 9.00. The average Bonchev–Trinajstić information content (AvgIpc) is 2.64. The summed E-state index contributed by atoms with van der Waals surface area (Å²) in [5.41, 5.74) is 3.46. The highest BCUT2D eigenvalue weighted by Crippen LogP contribution is 2.23. The number of hydrazone groups is 1. The quantitative estimate of drug-likeness (QED) is 0.494. The van der Waals surface area contributed by atoms with Crippen LogP contribution in [0.4, 0.5) is 0 Å². The first-order chi connectivity index (χ1) is 12.4. The molecular formula is C18H18BrN3O4. The minimum absolute atomic E-state index is 0.112. The second-order valence-corrected chi connectivity index (χ2v) is 6.22. The lowest BCUT2D eigenvalue weighted by Crippen LogP contribution is -2.43. The van der Waals surface area contributed by atoms with Crippen LogP contribution >= 0.6 is 15.9 Å². The molecule has 0 aromatic heterocycles. The zero-order valence-electron chi connectivity index (χ0n) is 14.2. The number of amides is 2. The number of rotatable bonds is 6. The third-order valence-electron chi connectivity index (χ3n) is 3.45. The van der Waals surface area contributed by atoms with Crippen molar-refractivity contribution in [3.63, 3.8) is 0 Å². The van der Waals surface area contributed by atoms with E-state index >= 15 is 0 Å². The lowest BCUT2D eigenvalue weighted by atomic mass is 10.2. The van der Waals surface area contributed by atoms with Crippen molar-refractivity contribution in [1.82, 2.24) is 10.7 Å². The summed E-state index contributed by atoms with van der Waals surface area (Å²) in [6.07, 6.45) is 1.43. The zero-order chi connectivity index (χ0) is 19.1. The fourth-order valence-electron chi connectivity index (χ4n) is 1.96. The van der Waals surface area contributed by atoms with Gasteiger partial charge < -0.3 is 15.2 Å². The van der Waals surface area contributed by atoms with Gasteiger partial charge in [0.2, 0.25) is 0 Å². The van der Waals surface area contributed by atoms with Gasteiger partial charge in [-0.3, -0.25) is 9.59 Å². The summed E-state index contributed by atoms with van der Waals surface area (Å²) in [6.45, 7) is 1.56. The van der Waals surface area contributed by atoms with Crippen LogP contribution in [0.25, 0.3) is 0 Å². The molecule has 2 aromatic rings. The van der Waals surface area contributed by atoms with Gasteiger partial charge >= 0.3 is 0 Å². The number of methoxy groups -OCH3 is 1. The first-order valence-electron chi connectivity index (χ1n) is 7.67. The number of aromatic hydroxyl groups is 1. The van der Waals surface area contributed by atoms with E-state index < -0.39 is 11.9 Å². The van der Waals surface area contributed by atoms with Crippen LogP contribution in [0.3, 0.4) is 0 Å². The molecule has 0 aliphatic carbocycles. The van der Waals surface area contributed by atoms with Gasteiger partial charge in [0.25, 0.3) is 11.8 Å². The first-order valence-corrected chi connectivity index (χ1v) is 8.46. The van der Waals surface area contributed by atoms with Gasteiger partial charge in [-0.25, -0.2) is 5.43 Å². The van der Waals surface area contributed by atoms with Crippen LogP contribution < -0.4 is 15.5 Å². The molecule has 8 heteroatoms. The first kappa shape index (κ1) is 19.5. The third kappa shape index (κ3) is 5.32. The van der Waals surface area contributed by atoms with E-state index in [1.807, 2.05) is 0 Å². The highest BCUT2D eigenvalue weighted by Gasteiger charge is 2.16. The van der Waals surface area contributed by atoms with E-state index in [0.29, 0.717) is 21.3 Å². The number of nitrogens with one attached hydrogen (secondary N) is 2. The molecule has 0 heterocycles. The Hall–Kier alpha value is -2.87. The highest BCUT2D eigenvalue weighted by atomic mass is 79.9. The number of benzene rings is 2. The van der Waals surface area contributed by atoms with Crippen LogP contribution in [0, 0.1) is 0 Å². The number of phenolic OH excluding ortho intramolecular Hbond substituents is 1. The van der Waals surface area contributed by atoms with E-state index in [0.717, 1.165) is 0 Å². The van der Waals surface area contributed by atoms with Gasteiger partial charge in [0.15, 0.2) is 0 Å². The summed E-state index contributed by atoms with van der Waals surface area (Å²) < 4.78 is 5.56. The molecule has 1 atom stereocenters. The van der Waals surface area contributed by atoms with Crippen molar-refractivity contribution in [2.24, 2.45) is 5.10 Å². The second-order valence-electron chi connectivity index (χ2n) is 5.37. The molecule has 0 spiro atoms. The SMILES string of the molecule is COc1ccc(C(=O)NC(C)C(=O)NN=Cc2ccc(O)c(Br)c2)cc1. The summed E-state index contributed by atoms with van der Waals surface area (Å²) in [7, 11) is 1.54. The number of phenols is 1. The topological polar surface area (TPSA) is 100 Å². The molecule has 0 saturated heterocycles. The molecule has 0 radical (unpaired) electrons. The molecule has 0 fully saturated rings. The number of carbonyl (C=O) groups is 2. The van der Waals surface area contributed by atoms with Crippen LogP contribution in [0.2, 0.25) is 0 Å². The molecular weight excluding hydrogens is 402 g/mol. The standard InChI is InChI=1S/C18H18BrN3O4/c1-11(21-18(25)13-4-6-14(26-2)7-5-13)17(24)22-20-10-12-3-8-16(23)15(19)9-12/h3-11,23H,1-2H3,(H,21,25)(H,22,24). The Morgan fingerprint density at radius 3 is 2.54 bits per heavy atom. The molecule has 0 aliphatic heterocycles. The maximum atomic E-state index is 12.1. The van der Waals surface area contributed by atoms with E-state index in [1.165, 1.54) is 12.3 Å². The van der Waals surface area contributed by atoms with E-state index in [1.54, 1.807) is 50.4 Å². The van der Waals surface area contributed by atoms with Gasteiger partial charge in [0.1, 0.15) is 17.5 Å². The minimum atomic E-state index is -0.770. The van der Waals surface area contributed by atoms with E-state index in [-0.39, 0.29) is 11.7 Å². The molecule has 2 rings (SSSR count). The van der Waals surface area contributed by atoms with Gasteiger partial charge in [-0.1, -0.05) is 0 Å². The van der Waals surface area contributed by atoms with Crippen LogP contribution in [0.15, 0.2) is 52.0 Å². The summed E-state index contributed by atoms with van der Waals surface area (Å²) in [5, 5.41) is 15.9. The smallest absolute Gasteiger partial charge is 0.262 e. The predicted molar refractivity (Wildman–Crippen MR) is 101 cm³/mol. The Bertz CT molecular complexity index is 822. The molecule has 0 saturated carbocycles. The van der Waals surface area contributed by atoms with Crippen molar-refractivity contribution in [2.75, 3.05) is 7.11 Å². The summed E-state index contributed by atoms with van der Waals surface area (Å²) >= 11 is 3.19. The Labute approximate surface area is 159 Å². The molecule has 26 heavy (non-hydrogen) atoms. The van der Waals surface area contributed by atoms with Crippen LogP contribution in [0.5, 0.6) is 11.5 Å². The number of carbonyl (C=O) groups excluding carboxylic acids is 2. The van der Waals surface area contributed by atoms with Gasteiger partial charge in [-0.2, -0.15) is 5.10 Å². The van der Waals surface area contributed by atoms with E-state index in [9.17, 15) is 14.7 Å². The summed E-state index contributed by atoms with van der Waals surface area (Å²) in [5.74, 6) is -0.0775. The Kier molecular flexibility index (Phi) is 6.74. The number of halogens is 1. The molecule has 7 nitrogen and oxygen atoms in total. The zero-order valence-corrected chi connectivity index (χ0v) is 15.8. The van der Waals surface area contributed by atoms with E-state index in [4.69, 9.17) is 4.74 Å². The maximum absolute atomic E-state index is 12.1. The number of ether oxygens (including phenoxy) is 1. The van der Waals surface area contributed by atoms with Crippen molar-refractivity contribution in [1.29, 1.82) is 0 Å². The minimum Gasteiger partial charge on any atom is -0.507 e. The fraction of sp³-hybridized carbons (Fsp3) is 0.167. The van der Waals surface area contributed by atoms with Crippen LogP contribution in [0.1, 0.15) is 22.8 Å². The summed E-state index contributed by atoms with van der Waals surface area (Å²) in [6, 6.07) is 10.6. The summed E-state index contributed by atoms with van der Waals surface area (Å²) in [4.78, 5) is 24.1. The Morgan fingerprint density at radius 2 is 1.92 bits per heavy atom.